The summed E-state index contributed by atoms with van der Waals surface area (Å²) < 4.78 is 0. The van der Waals surface area contributed by atoms with Gasteiger partial charge in [-0.25, -0.2) is 4.79 Å². The monoisotopic (exact) mass is 397 g/mol. The topological polar surface area (TPSA) is 47.0 Å². The third-order valence-corrected chi connectivity index (χ3v) is 6.35. The first-order valence-corrected chi connectivity index (χ1v) is 10.5. The van der Waals surface area contributed by atoms with Gasteiger partial charge in [-0.1, -0.05) is 42.0 Å². The van der Waals surface area contributed by atoms with E-state index in [1.165, 1.54) is 11.1 Å². The molecule has 2 atom stereocenters. The van der Waals surface area contributed by atoms with Gasteiger partial charge in [0.25, 0.3) is 0 Å². The lowest BCUT2D eigenvalue weighted by Crippen LogP contribution is -2.43. The largest absolute Gasteiger partial charge is 0.512 e. The Hall–Kier alpha value is -2.27. The van der Waals surface area contributed by atoms with Gasteiger partial charge >= 0.3 is 6.03 Å². The molecule has 1 unspecified atom stereocenters. The van der Waals surface area contributed by atoms with E-state index in [4.69, 9.17) is 0 Å². The number of nitrogens with zero attached hydrogens (tertiary/aromatic N) is 3. The van der Waals surface area contributed by atoms with Crippen LogP contribution in [-0.4, -0.2) is 73.2 Å². The molecule has 0 heterocycles. The maximum absolute atomic E-state index is 13.0. The molecule has 29 heavy (non-hydrogen) atoms. The van der Waals surface area contributed by atoms with E-state index in [-0.39, 0.29) is 11.4 Å². The second-order valence-corrected chi connectivity index (χ2v) is 9.00. The Morgan fingerprint density at radius 2 is 1.79 bits per heavy atom. The van der Waals surface area contributed by atoms with Gasteiger partial charge in [0.1, 0.15) is 0 Å². The summed E-state index contributed by atoms with van der Waals surface area (Å²) in [5, 5.41) is 9.64. The van der Waals surface area contributed by atoms with Gasteiger partial charge in [0.05, 0.1) is 5.76 Å². The highest BCUT2D eigenvalue weighted by atomic mass is 16.3. The zero-order valence-corrected chi connectivity index (χ0v) is 18.3. The SMILES string of the molecule is CN(CCc1ccccc1)C(=O)N(C)C[C@@]1(CC2=CC=C(O)CC2)CC1N(C)C. The number of benzene rings is 1. The number of urea groups is 1. The van der Waals surface area contributed by atoms with Crippen molar-refractivity contribution in [1.29, 1.82) is 0 Å². The van der Waals surface area contributed by atoms with Gasteiger partial charge in [0.15, 0.2) is 0 Å². The van der Waals surface area contributed by atoms with E-state index in [1.54, 1.807) is 0 Å². The Bertz CT molecular complexity index is 772. The van der Waals surface area contributed by atoms with Crippen molar-refractivity contribution in [2.24, 2.45) is 5.41 Å². The van der Waals surface area contributed by atoms with Crippen molar-refractivity contribution in [3.8, 4) is 0 Å². The highest BCUT2D eigenvalue weighted by molar-refractivity contribution is 5.74. The summed E-state index contributed by atoms with van der Waals surface area (Å²) in [7, 11) is 8.07. The number of carbonyl (C=O) groups is 1. The summed E-state index contributed by atoms with van der Waals surface area (Å²) in [6.45, 7) is 1.48. The molecule has 0 spiro atoms. The minimum absolute atomic E-state index is 0.0832. The predicted octanol–water partition coefficient (Wildman–Crippen LogP) is 4.09. The van der Waals surface area contributed by atoms with Crippen LogP contribution in [0.25, 0.3) is 0 Å². The first kappa shape index (κ1) is 21.4. The van der Waals surface area contributed by atoms with Gasteiger partial charge in [0.2, 0.25) is 0 Å². The lowest BCUT2D eigenvalue weighted by atomic mass is 9.90. The molecule has 1 aromatic rings. The Morgan fingerprint density at radius 3 is 2.38 bits per heavy atom. The maximum atomic E-state index is 13.0. The van der Waals surface area contributed by atoms with Gasteiger partial charge < -0.3 is 19.8 Å². The molecule has 2 aliphatic rings. The van der Waals surface area contributed by atoms with E-state index >= 15 is 0 Å². The molecule has 1 aromatic carbocycles. The average molecular weight is 398 g/mol. The number of likely N-dealkylation sites (N-methyl/N-ethyl adjacent to an activating group) is 1. The predicted molar refractivity (Wildman–Crippen MR) is 118 cm³/mol. The molecular weight excluding hydrogens is 362 g/mol. The van der Waals surface area contributed by atoms with E-state index in [0.717, 1.165) is 38.6 Å². The number of hydrogen-bond acceptors (Lipinski definition) is 3. The van der Waals surface area contributed by atoms with E-state index in [9.17, 15) is 9.90 Å². The molecule has 1 saturated carbocycles. The smallest absolute Gasteiger partial charge is 0.319 e. The molecule has 2 aliphatic carbocycles. The number of aliphatic hydroxyl groups is 1. The summed E-state index contributed by atoms with van der Waals surface area (Å²) >= 11 is 0. The Kier molecular flexibility index (Phi) is 6.68. The third kappa shape index (κ3) is 5.41. The average Bonchev–Trinajstić information content (AvgIpc) is 3.41. The zero-order chi connectivity index (χ0) is 21.0. The summed E-state index contributed by atoms with van der Waals surface area (Å²) in [5.74, 6) is 0.468. The van der Waals surface area contributed by atoms with Crippen LogP contribution in [0.15, 0.2) is 53.8 Å². The number of hydrogen-bond donors (Lipinski definition) is 1. The Balaban J connectivity index is 1.59. The maximum Gasteiger partial charge on any atom is 0.319 e. The lowest BCUT2D eigenvalue weighted by molar-refractivity contribution is 0.158. The lowest BCUT2D eigenvalue weighted by Gasteiger charge is -2.31. The normalized spacial score (nSPS) is 23.4. The van der Waals surface area contributed by atoms with Gasteiger partial charge in [-0.15, -0.1) is 0 Å². The molecule has 3 rings (SSSR count). The van der Waals surface area contributed by atoms with Crippen LogP contribution in [0.1, 0.15) is 31.2 Å². The molecule has 0 aliphatic heterocycles. The van der Waals surface area contributed by atoms with Crippen molar-refractivity contribution in [2.75, 3.05) is 41.3 Å². The number of allylic oxidation sites excluding steroid dienone is 4. The number of aliphatic hydroxyl groups excluding tert-OH is 1. The molecule has 0 bridgehead atoms. The van der Waals surface area contributed by atoms with Crippen LogP contribution in [0.4, 0.5) is 4.79 Å². The number of carbonyl (C=O) groups excluding carboxylic acids is 1. The molecule has 0 radical (unpaired) electrons. The first-order chi connectivity index (χ1) is 13.8. The van der Waals surface area contributed by atoms with Gasteiger partial charge in [-0.05, 0) is 51.4 Å². The fourth-order valence-electron chi connectivity index (χ4n) is 4.61. The minimum Gasteiger partial charge on any atom is -0.512 e. The van der Waals surface area contributed by atoms with Crippen molar-refractivity contribution >= 4 is 6.03 Å². The van der Waals surface area contributed by atoms with Crippen molar-refractivity contribution < 1.29 is 9.90 Å². The van der Waals surface area contributed by atoms with E-state index in [2.05, 4.69) is 37.2 Å². The highest BCUT2D eigenvalue weighted by Crippen LogP contribution is 2.54. The van der Waals surface area contributed by atoms with Crippen LogP contribution >= 0.6 is 0 Å². The molecular formula is C24H35N3O2. The van der Waals surface area contributed by atoms with Crippen molar-refractivity contribution in [1.82, 2.24) is 14.7 Å². The molecule has 2 amide bonds. The van der Waals surface area contributed by atoms with Gasteiger partial charge in [-0.2, -0.15) is 0 Å². The van der Waals surface area contributed by atoms with Crippen molar-refractivity contribution in [3.05, 3.63) is 59.4 Å². The molecule has 158 valence electrons. The minimum atomic E-state index is 0.0832. The quantitative estimate of drug-likeness (QED) is 0.719. The van der Waals surface area contributed by atoms with Crippen LogP contribution in [0.5, 0.6) is 0 Å². The highest BCUT2D eigenvalue weighted by Gasteiger charge is 2.56. The molecule has 0 saturated heterocycles. The number of amides is 2. The summed E-state index contributed by atoms with van der Waals surface area (Å²) in [5.41, 5.74) is 2.74. The fourth-order valence-corrected chi connectivity index (χ4v) is 4.61. The third-order valence-electron chi connectivity index (χ3n) is 6.35. The summed E-state index contributed by atoms with van der Waals surface area (Å²) in [6, 6.07) is 10.9. The summed E-state index contributed by atoms with van der Waals surface area (Å²) in [4.78, 5) is 19.0. The number of rotatable bonds is 8. The van der Waals surface area contributed by atoms with Gasteiger partial charge in [-0.3, -0.25) is 0 Å². The second-order valence-electron chi connectivity index (χ2n) is 9.00. The molecule has 1 N–H and O–H groups in total. The van der Waals surface area contributed by atoms with Crippen LogP contribution in [0.2, 0.25) is 0 Å². The van der Waals surface area contributed by atoms with Crippen LogP contribution in [0.3, 0.4) is 0 Å². The standard InChI is InChI=1S/C24H35N3O2/c1-25(2)22-17-24(22,16-20-10-12-21(28)13-11-20)18-27(4)23(29)26(3)15-14-19-8-6-5-7-9-19/h5-10,12,22,28H,11,13-18H2,1-4H3/t22?,24-/m1/s1. The zero-order valence-electron chi connectivity index (χ0n) is 18.3. The van der Waals surface area contributed by atoms with E-state index < -0.39 is 0 Å². The molecule has 5 heteroatoms. The van der Waals surface area contributed by atoms with Crippen molar-refractivity contribution in [2.45, 2.75) is 38.1 Å². The van der Waals surface area contributed by atoms with Crippen molar-refractivity contribution in [3.63, 3.8) is 0 Å². The Labute approximate surface area is 175 Å². The molecule has 0 aromatic heterocycles. The summed E-state index contributed by atoms with van der Waals surface area (Å²) in [6.07, 6.45) is 8.50. The molecule has 5 nitrogen and oxygen atoms in total. The van der Waals surface area contributed by atoms with E-state index in [1.807, 2.05) is 48.2 Å². The van der Waals surface area contributed by atoms with Crippen LogP contribution < -0.4 is 0 Å². The fraction of sp³-hybridized carbons (Fsp3) is 0.542. The Morgan fingerprint density at radius 1 is 1.07 bits per heavy atom. The second kappa shape index (κ2) is 9.04. The van der Waals surface area contributed by atoms with Crippen LogP contribution in [0, 0.1) is 5.41 Å². The first-order valence-electron chi connectivity index (χ1n) is 10.5. The molecule has 1 fully saturated rings. The van der Waals surface area contributed by atoms with Gasteiger partial charge in [0, 0.05) is 45.1 Å². The van der Waals surface area contributed by atoms with Crippen LogP contribution in [-0.2, 0) is 6.42 Å². The van der Waals surface area contributed by atoms with E-state index in [0.29, 0.717) is 18.3 Å².